The number of aliphatic hydroxyl groups is 1. The molecule has 0 atom stereocenters. The zero-order valence-electron chi connectivity index (χ0n) is 7.22. The summed E-state index contributed by atoms with van der Waals surface area (Å²) in [5.74, 6) is 0.304. The highest BCUT2D eigenvalue weighted by Gasteiger charge is 2.24. The number of rotatable bonds is 2. The molecular weight excluding hydrogens is 168 g/mol. The Morgan fingerprint density at radius 3 is 3.00 bits per heavy atom. The predicted molar refractivity (Wildman–Crippen MR) is 47.7 cm³/mol. The van der Waals surface area contributed by atoms with Gasteiger partial charge in [-0.1, -0.05) is 0 Å². The van der Waals surface area contributed by atoms with Crippen LogP contribution < -0.4 is 5.73 Å². The third kappa shape index (κ3) is 1.93. The second kappa shape index (κ2) is 3.27. The summed E-state index contributed by atoms with van der Waals surface area (Å²) in [5.41, 5.74) is 6.33. The number of likely N-dealkylation sites (tertiary alicyclic amines) is 1. The molecule has 13 heavy (non-hydrogen) atoms. The maximum Gasteiger partial charge on any atom is 0.220 e. The number of nitrogens with two attached hydrogens (primary N) is 1. The Hall–Kier alpha value is -1.20. The lowest BCUT2D eigenvalue weighted by Crippen LogP contribution is -2.49. The van der Waals surface area contributed by atoms with Crippen LogP contribution in [-0.2, 0) is 6.54 Å². The second-order valence-electron chi connectivity index (χ2n) is 3.25. The lowest BCUT2D eigenvalue weighted by molar-refractivity contribution is -0.00352. The van der Waals surface area contributed by atoms with Crippen molar-refractivity contribution in [2.45, 2.75) is 12.6 Å². The molecule has 0 saturated carbocycles. The molecule has 5 heteroatoms. The first-order valence-corrected chi connectivity index (χ1v) is 4.22. The number of nitrogens with zero attached hydrogens (tertiary/aromatic N) is 3. The molecule has 2 heterocycles. The Morgan fingerprint density at radius 2 is 2.38 bits per heavy atom. The van der Waals surface area contributed by atoms with Crippen molar-refractivity contribution in [1.29, 1.82) is 0 Å². The van der Waals surface area contributed by atoms with Crippen LogP contribution in [0.4, 0.5) is 5.95 Å². The molecule has 70 valence electrons. The smallest absolute Gasteiger partial charge is 0.220 e. The van der Waals surface area contributed by atoms with Gasteiger partial charge in [0.2, 0.25) is 5.95 Å². The van der Waals surface area contributed by atoms with Gasteiger partial charge in [0.15, 0.2) is 0 Å². The molecule has 5 nitrogen and oxygen atoms in total. The summed E-state index contributed by atoms with van der Waals surface area (Å²) < 4.78 is 0. The molecule has 0 amide bonds. The monoisotopic (exact) mass is 180 g/mol. The van der Waals surface area contributed by atoms with Crippen molar-refractivity contribution in [2.24, 2.45) is 0 Å². The van der Waals surface area contributed by atoms with E-state index in [1.54, 1.807) is 6.20 Å². The van der Waals surface area contributed by atoms with Gasteiger partial charge in [-0.15, -0.1) is 0 Å². The lowest BCUT2D eigenvalue weighted by Gasteiger charge is -2.35. The van der Waals surface area contributed by atoms with Crippen LogP contribution in [0.1, 0.15) is 5.69 Å². The van der Waals surface area contributed by atoms with E-state index in [2.05, 4.69) is 14.9 Å². The summed E-state index contributed by atoms with van der Waals surface area (Å²) in [6.45, 7) is 2.19. The van der Waals surface area contributed by atoms with Gasteiger partial charge in [0, 0.05) is 25.8 Å². The summed E-state index contributed by atoms with van der Waals surface area (Å²) in [5, 5.41) is 9.05. The number of hydrogen-bond acceptors (Lipinski definition) is 5. The van der Waals surface area contributed by atoms with Crippen LogP contribution in [-0.4, -0.2) is 39.2 Å². The van der Waals surface area contributed by atoms with E-state index in [1.165, 1.54) is 0 Å². The molecule has 0 radical (unpaired) electrons. The van der Waals surface area contributed by atoms with Crippen LogP contribution in [0.25, 0.3) is 0 Å². The molecule has 1 aliphatic rings. The molecule has 1 fully saturated rings. The van der Waals surface area contributed by atoms with E-state index >= 15 is 0 Å². The standard InChI is InChI=1S/C8H12N4O/c9-8-10-2-1-6(11-8)3-12-4-7(13)5-12/h1-2,7,13H,3-5H2,(H2,9,10,11). The third-order valence-electron chi connectivity index (χ3n) is 2.06. The maximum atomic E-state index is 9.05. The van der Waals surface area contributed by atoms with Gasteiger partial charge in [0.25, 0.3) is 0 Å². The molecule has 1 aromatic rings. The largest absolute Gasteiger partial charge is 0.390 e. The molecule has 3 N–H and O–H groups in total. The van der Waals surface area contributed by atoms with Crippen molar-refractivity contribution >= 4 is 5.95 Å². The zero-order valence-corrected chi connectivity index (χ0v) is 7.22. The van der Waals surface area contributed by atoms with Crippen molar-refractivity contribution in [2.75, 3.05) is 18.8 Å². The molecule has 0 aliphatic carbocycles. The first kappa shape index (κ1) is 8.40. The van der Waals surface area contributed by atoms with Crippen molar-refractivity contribution in [3.8, 4) is 0 Å². The number of β-amino-alcohol motifs (C(OH)–C–C–N with tert-alkyl or cyclic N) is 1. The molecule has 2 rings (SSSR count). The van der Waals surface area contributed by atoms with Crippen molar-refractivity contribution in [3.05, 3.63) is 18.0 Å². The van der Waals surface area contributed by atoms with Gasteiger partial charge in [-0.05, 0) is 6.07 Å². The molecule has 1 aliphatic heterocycles. The Morgan fingerprint density at radius 1 is 1.62 bits per heavy atom. The first-order chi connectivity index (χ1) is 6.24. The lowest BCUT2D eigenvalue weighted by atomic mass is 10.1. The molecule has 1 aromatic heterocycles. The van der Waals surface area contributed by atoms with Crippen LogP contribution >= 0.6 is 0 Å². The highest BCUT2D eigenvalue weighted by atomic mass is 16.3. The normalized spacial score (nSPS) is 18.5. The third-order valence-corrected chi connectivity index (χ3v) is 2.06. The number of aliphatic hydroxyl groups excluding tert-OH is 1. The van der Waals surface area contributed by atoms with Crippen molar-refractivity contribution in [3.63, 3.8) is 0 Å². The summed E-state index contributed by atoms with van der Waals surface area (Å²) >= 11 is 0. The molecule has 0 unspecified atom stereocenters. The molecule has 0 aromatic carbocycles. The van der Waals surface area contributed by atoms with Gasteiger partial charge in [-0.25, -0.2) is 9.97 Å². The van der Waals surface area contributed by atoms with Crippen LogP contribution in [0.2, 0.25) is 0 Å². The number of aromatic nitrogens is 2. The Bertz CT molecular complexity index is 298. The topological polar surface area (TPSA) is 75.3 Å². The summed E-state index contributed by atoms with van der Waals surface area (Å²) in [6, 6.07) is 1.83. The minimum atomic E-state index is -0.167. The van der Waals surface area contributed by atoms with E-state index in [9.17, 15) is 0 Å². The highest BCUT2D eigenvalue weighted by Crippen LogP contribution is 2.11. The van der Waals surface area contributed by atoms with E-state index < -0.39 is 0 Å². The van der Waals surface area contributed by atoms with E-state index in [0.29, 0.717) is 5.95 Å². The average Bonchev–Trinajstić information content (AvgIpc) is 2.01. The Labute approximate surface area is 76.2 Å². The first-order valence-electron chi connectivity index (χ1n) is 4.22. The van der Waals surface area contributed by atoms with Gasteiger partial charge >= 0.3 is 0 Å². The summed E-state index contributed by atoms with van der Waals surface area (Å²) in [7, 11) is 0. The SMILES string of the molecule is Nc1nccc(CN2CC(O)C2)n1. The molecule has 1 saturated heterocycles. The van der Waals surface area contributed by atoms with E-state index in [0.717, 1.165) is 25.3 Å². The maximum absolute atomic E-state index is 9.05. The van der Waals surface area contributed by atoms with Gasteiger partial charge in [-0.2, -0.15) is 0 Å². The Balaban J connectivity index is 1.94. The average molecular weight is 180 g/mol. The number of nitrogen functional groups attached to an aromatic ring is 1. The van der Waals surface area contributed by atoms with Gasteiger partial charge < -0.3 is 10.8 Å². The van der Waals surface area contributed by atoms with Crippen molar-refractivity contribution < 1.29 is 5.11 Å². The fourth-order valence-electron chi connectivity index (χ4n) is 1.40. The molecular formula is C8H12N4O. The van der Waals surface area contributed by atoms with Crippen molar-refractivity contribution in [1.82, 2.24) is 14.9 Å². The van der Waals surface area contributed by atoms with E-state index in [1.807, 2.05) is 6.07 Å². The number of anilines is 1. The van der Waals surface area contributed by atoms with E-state index in [-0.39, 0.29) is 6.10 Å². The van der Waals surface area contributed by atoms with Gasteiger partial charge in [-0.3, -0.25) is 4.90 Å². The fraction of sp³-hybridized carbons (Fsp3) is 0.500. The molecule has 0 bridgehead atoms. The minimum absolute atomic E-state index is 0.167. The van der Waals surface area contributed by atoms with Crippen LogP contribution in [0, 0.1) is 0 Å². The minimum Gasteiger partial charge on any atom is -0.390 e. The summed E-state index contributed by atoms with van der Waals surface area (Å²) in [6.07, 6.45) is 1.48. The zero-order chi connectivity index (χ0) is 9.26. The van der Waals surface area contributed by atoms with Crippen LogP contribution in [0.3, 0.4) is 0 Å². The highest BCUT2D eigenvalue weighted by molar-refractivity contribution is 5.17. The van der Waals surface area contributed by atoms with E-state index in [4.69, 9.17) is 10.8 Å². The fourth-order valence-corrected chi connectivity index (χ4v) is 1.40. The summed E-state index contributed by atoms with van der Waals surface area (Å²) in [4.78, 5) is 9.97. The second-order valence-corrected chi connectivity index (χ2v) is 3.25. The van der Waals surface area contributed by atoms with Crippen LogP contribution in [0.15, 0.2) is 12.3 Å². The molecule has 0 spiro atoms. The predicted octanol–water partition coefficient (Wildman–Crippen LogP) is -0.765. The van der Waals surface area contributed by atoms with Gasteiger partial charge in [0.1, 0.15) is 0 Å². The van der Waals surface area contributed by atoms with Gasteiger partial charge in [0.05, 0.1) is 11.8 Å². The quantitative estimate of drug-likeness (QED) is 0.625. The van der Waals surface area contributed by atoms with Crippen LogP contribution in [0.5, 0.6) is 0 Å². The number of hydrogen-bond donors (Lipinski definition) is 2. The Kier molecular flexibility index (Phi) is 2.12.